The fourth-order valence-corrected chi connectivity index (χ4v) is 4.59. The molecule has 0 bridgehead atoms. The van der Waals surface area contributed by atoms with Crippen molar-refractivity contribution in [1.29, 1.82) is 0 Å². The molecule has 0 saturated carbocycles. The van der Waals surface area contributed by atoms with Gasteiger partial charge in [0.15, 0.2) is 0 Å². The highest BCUT2D eigenvalue weighted by Crippen LogP contribution is 2.32. The summed E-state index contributed by atoms with van der Waals surface area (Å²) in [6, 6.07) is 6.23. The summed E-state index contributed by atoms with van der Waals surface area (Å²) in [4.78, 5) is 32.6. The third-order valence-corrected chi connectivity index (χ3v) is 6.16. The second-order valence-corrected chi connectivity index (χ2v) is 8.98. The van der Waals surface area contributed by atoms with Crippen LogP contribution in [0.15, 0.2) is 18.2 Å². The van der Waals surface area contributed by atoms with Gasteiger partial charge < -0.3 is 15.2 Å². The number of rotatable bonds is 4. The molecule has 4 rings (SSSR count). The maximum atomic E-state index is 13.1. The number of carbonyl (C=O) groups excluding carboxylic acids is 2. The molecule has 0 radical (unpaired) electrons. The van der Waals surface area contributed by atoms with E-state index in [-0.39, 0.29) is 17.9 Å². The van der Waals surface area contributed by atoms with Gasteiger partial charge in [0.05, 0.1) is 6.54 Å². The zero-order chi connectivity index (χ0) is 20.5. The minimum absolute atomic E-state index is 0.0525. The first kappa shape index (κ1) is 20.0. The number of nitrogens with zero attached hydrogens (tertiary/aromatic N) is 2. The molecule has 1 fully saturated rings. The summed E-state index contributed by atoms with van der Waals surface area (Å²) in [5.41, 5.74) is 4.65. The maximum Gasteiger partial charge on any atom is 0.253 e. The van der Waals surface area contributed by atoms with Crippen LogP contribution < -0.4 is 5.32 Å². The topological polar surface area (TPSA) is 68.4 Å². The molecule has 156 valence electrons. The molecule has 6 heteroatoms. The summed E-state index contributed by atoms with van der Waals surface area (Å²) in [7, 11) is 0. The van der Waals surface area contributed by atoms with Crippen molar-refractivity contribution in [3.63, 3.8) is 0 Å². The quantitative estimate of drug-likeness (QED) is 0.835. The van der Waals surface area contributed by atoms with Gasteiger partial charge in [-0.05, 0) is 62.8 Å². The molecule has 0 unspecified atom stereocenters. The minimum Gasteiger partial charge on any atom is -0.358 e. The molecule has 1 saturated heterocycles. The number of benzene rings is 1. The van der Waals surface area contributed by atoms with Crippen LogP contribution in [0.5, 0.6) is 0 Å². The Balaban J connectivity index is 1.42. The van der Waals surface area contributed by atoms with E-state index in [1.807, 2.05) is 24.8 Å². The predicted molar refractivity (Wildman–Crippen MR) is 115 cm³/mol. The fourth-order valence-electron chi connectivity index (χ4n) is 4.59. The molecule has 2 heterocycles. The molecule has 29 heavy (non-hydrogen) atoms. The highest BCUT2D eigenvalue weighted by atomic mass is 16.2. The summed E-state index contributed by atoms with van der Waals surface area (Å²) in [6.45, 7) is 9.42. The number of aromatic amines is 1. The van der Waals surface area contributed by atoms with Crippen molar-refractivity contribution in [2.24, 2.45) is 5.92 Å². The first-order chi connectivity index (χ1) is 13.9. The lowest BCUT2D eigenvalue weighted by molar-refractivity contribution is -0.123. The number of fused-ring (bicyclic) bond motifs is 3. The summed E-state index contributed by atoms with van der Waals surface area (Å²) in [6.07, 6.45) is 3.41. The van der Waals surface area contributed by atoms with E-state index in [1.165, 1.54) is 23.1 Å². The van der Waals surface area contributed by atoms with Crippen LogP contribution in [-0.2, 0) is 17.6 Å². The van der Waals surface area contributed by atoms with Crippen LogP contribution in [0.1, 0.15) is 48.8 Å². The first-order valence-electron chi connectivity index (χ1n) is 10.8. The lowest BCUT2D eigenvalue weighted by Crippen LogP contribution is -2.51. The van der Waals surface area contributed by atoms with Crippen LogP contribution in [0.4, 0.5) is 0 Å². The van der Waals surface area contributed by atoms with E-state index in [0.29, 0.717) is 25.6 Å². The van der Waals surface area contributed by atoms with Gasteiger partial charge in [0.1, 0.15) is 0 Å². The molecule has 1 aromatic heterocycles. The van der Waals surface area contributed by atoms with Gasteiger partial charge in [-0.3, -0.25) is 14.5 Å². The summed E-state index contributed by atoms with van der Waals surface area (Å²) < 4.78 is 0. The fraction of sp³-hybridized carbons (Fsp3) is 0.565. The third kappa shape index (κ3) is 4.32. The monoisotopic (exact) mass is 396 g/mol. The lowest BCUT2D eigenvalue weighted by atomic mass is 9.87. The van der Waals surface area contributed by atoms with Crippen molar-refractivity contribution in [3.05, 3.63) is 35.0 Å². The Bertz CT molecular complexity index is 909. The Hall–Kier alpha value is -2.34. The van der Waals surface area contributed by atoms with Gasteiger partial charge in [-0.15, -0.1) is 0 Å². The minimum atomic E-state index is 0.0525. The van der Waals surface area contributed by atoms with E-state index in [1.54, 1.807) is 0 Å². The van der Waals surface area contributed by atoms with Crippen LogP contribution in [0.2, 0.25) is 0 Å². The van der Waals surface area contributed by atoms with Crippen LogP contribution in [-0.4, -0.2) is 65.4 Å². The number of nitrogens with one attached hydrogen (secondary N) is 2. The number of H-pyrrole nitrogens is 1. The first-order valence-corrected chi connectivity index (χ1v) is 10.8. The van der Waals surface area contributed by atoms with Gasteiger partial charge in [-0.25, -0.2) is 0 Å². The predicted octanol–water partition coefficient (Wildman–Crippen LogP) is 2.58. The van der Waals surface area contributed by atoms with Gasteiger partial charge in [0, 0.05) is 54.4 Å². The molecule has 6 nitrogen and oxygen atoms in total. The molecule has 1 aliphatic carbocycles. The summed E-state index contributed by atoms with van der Waals surface area (Å²) >= 11 is 0. The Kier molecular flexibility index (Phi) is 5.63. The van der Waals surface area contributed by atoms with Crippen molar-refractivity contribution in [2.45, 2.75) is 46.1 Å². The largest absolute Gasteiger partial charge is 0.358 e. The van der Waals surface area contributed by atoms with Crippen LogP contribution >= 0.6 is 0 Å². The number of hydrogen-bond acceptors (Lipinski definition) is 3. The molecule has 2 amide bonds. The summed E-state index contributed by atoms with van der Waals surface area (Å²) in [5, 5.41) is 4.14. The Labute approximate surface area is 172 Å². The Morgan fingerprint density at radius 1 is 1.21 bits per heavy atom. The molecule has 1 atom stereocenters. The Morgan fingerprint density at radius 3 is 2.69 bits per heavy atom. The van der Waals surface area contributed by atoms with E-state index >= 15 is 0 Å². The van der Waals surface area contributed by atoms with E-state index in [4.69, 9.17) is 0 Å². The van der Waals surface area contributed by atoms with Crippen LogP contribution in [0.25, 0.3) is 10.9 Å². The summed E-state index contributed by atoms with van der Waals surface area (Å²) in [5.74, 6) is 0.843. The van der Waals surface area contributed by atoms with Crippen molar-refractivity contribution < 1.29 is 9.59 Å². The van der Waals surface area contributed by atoms with E-state index in [2.05, 4.69) is 34.3 Å². The lowest BCUT2D eigenvalue weighted by Gasteiger charge is -2.34. The third-order valence-electron chi connectivity index (χ3n) is 6.16. The van der Waals surface area contributed by atoms with Gasteiger partial charge in [-0.2, -0.15) is 0 Å². The van der Waals surface area contributed by atoms with Crippen molar-refractivity contribution in [2.75, 3.05) is 32.7 Å². The van der Waals surface area contributed by atoms with Crippen LogP contribution in [0.3, 0.4) is 0 Å². The van der Waals surface area contributed by atoms with Gasteiger partial charge in [0.2, 0.25) is 5.91 Å². The molecule has 0 spiro atoms. The van der Waals surface area contributed by atoms with Crippen molar-refractivity contribution in [3.8, 4) is 0 Å². The molecule has 1 aliphatic heterocycles. The van der Waals surface area contributed by atoms with E-state index < -0.39 is 0 Å². The average Bonchev–Trinajstić information content (AvgIpc) is 3.04. The smallest absolute Gasteiger partial charge is 0.253 e. The highest BCUT2D eigenvalue weighted by Gasteiger charge is 2.25. The number of amides is 2. The molecule has 2 aromatic rings. The van der Waals surface area contributed by atoms with Gasteiger partial charge in [-0.1, -0.05) is 6.92 Å². The number of piperazine rings is 1. The van der Waals surface area contributed by atoms with Gasteiger partial charge in [0.25, 0.3) is 5.91 Å². The van der Waals surface area contributed by atoms with E-state index in [9.17, 15) is 9.59 Å². The van der Waals surface area contributed by atoms with Crippen LogP contribution in [0, 0.1) is 5.92 Å². The molecular formula is C23H32N4O2. The zero-order valence-electron chi connectivity index (χ0n) is 17.8. The second kappa shape index (κ2) is 8.19. The molecular weight excluding hydrogens is 364 g/mol. The average molecular weight is 397 g/mol. The number of carbonyl (C=O) groups is 2. The standard InChI is InChI=1S/C23H32N4O2/c1-15(2)24-22(28)14-26-8-10-27(11-9-26)23(29)17-5-7-21-19(13-17)18-12-16(3)4-6-20(18)25-21/h5,7,13,15-16,25H,4,6,8-12,14H2,1-3H3,(H,24,28)/t16-/m1/s1. The SMILES string of the molecule is CC(C)NC(=O)CN1CCN(C(=O)c2ccc3[nH]c4c(c3c2)C[C@H](C)CC4)CC1. The Morgan fingerprint density at radius 2 is 1.97 bits per heavy atom. The van der Waals surface area contributed by atoms with E-state index in [0.717, 1.165) is 37.0 Å². The van der Waals surface area contributed by atoms with Crippen molar-refractivity contribution >= 4 is 22.7 Å². The molecule has 2 aliphatic rings. The maximum absolute atomic E-state index is 13.1. The number of aryl methyl sites for hydroxylation is 1. The molecule has 1 aromatic carbocycles. The number of aromatic nitrogens is 1. The normalized spacial score (nSPS) is 20.1. The molecule has 2 N–H and O–H groups in total. The highest BCUT2D eigenvalue weighted by molar-refractivity contribution is 5.99. The number of hydrogen-bond donors (Lipinski definition) is 2. The van der Waals surface area contributed by atoms with Crippen molar-refractivity contribution in [1.82, 2.24) is 20.1 Å². The van der Waals surface area contributed by atoms with Gasteiger partial charge >= 0.3 is 0 Å². The second-order valence-electron chi connectivity index (χ2n) is 8.98. The zero-order valence-corrected chi connectivity index (χ0v) is 17.8.